The number of aromatic amines is 1. The predicted molar refractivity (Wildman–Crippen MR) is 101 cm³/mol. The molecule has 2 aromatic rings. The van der Waals surface area contributed by atoms with Crippen molar-refractivity contribution < 1.29 is 32.6 Å². The summed E-state index contributed by atoms with van der Waals surface area (Å²) in [5, 5.41) is 14.4. The highest BCUT2D eigenvalue weighted by molar-refractivity contribution is 5.87. The molecule has 1 aromatic carbocycles. The summed E-state index contributed by atoms with van der Waals surface area (Å²) in [5.74, 6) is -1.78. The number of carbonyl (C=O) groups is 2. The van der Waals surface area contributed by atoms with Gasteiger partial charge in [0.05, 0.1) is 12.6 Å². The topological polar surface area (TPSA) is 131 Å². The van der Waals surface area contributed by atoms with Crippen LogP contribution in [-0.4, -0.2) is 45.5 Å². The van der Waals surface area contributed by atoms with Gasteiger partial charge in [0.15, 0.2) is 11.6 Å². The lowest BCUT2D eigenvalue weighted by molar-refractivity contribution is -0.192. The molecule has 0 aliphatic heterocycles. The number of nitrogens with two attached hydrogens (primary N) is 1. The van der Waals surface area contributed by atoms with Crippen molar-refractivity contribution in [1.82, 2.24) is 15.2 Å². The van der Waals surface area contributed by atoms with Gasteiger partial charge in [0.1, 0.15) is 0 Å². The molecule has 0 amide bonds. The van der Waals surface area contributed by atoms with Gasteiger partial charge in [-0.1, -0.05) is 31.0 Å². The van der Waals surface area contributed by atoms with Crippen LogP contribution in [0.2, 0.25) is 0 Å². The molecule has 0 radical (unpaired) electrons. The van der Waals surface area contributed by atoms with Crippen molar-refractivity contribution >= 4 is 18.0 Å². The summed E-state index contributed by atoms with van der Waals surface area (Å²) in [6.45, 7) is 0. The van der Waals surface area contributed by atoms with E-state index in [2.05, 4.69) is 19.9 Å². The molecule has 1 aliphatic rings. The van der Waals surface area contributed by atoms with Crippen LogP contribution in [0.15, 0.2) is 30.3 Å². The third-order valence-corrected chi connectivity index (χ3v) is 4.44. The molecule has 30 heavy (non-hydrogen) atoms. The van der Waals surface area contributed by atoms with Gasteiger partial charge >= 0.3 is 18.1 Å². The monoisotopic (exact) mass is 426 g/mol. The van der Waals surface area contributed by atoms with E-state index in [0.717, 1.165) is 36.8 Å². The molecule has 0 saturated heterocycles. The van der Waals surface area contributed by atoms with Gasteiger partial charge in [-0.05, 0) is 30.5 Å². The number of aromatic nitrogens is 3. The minimum atomic E-state index is -5.08. The molecule has 162 valence electrons. The number of carboxylic acid groups (broad SMARTS) is 1. The lowest BCUT2D eigenvalue weighted by Gasteiger charge is -2.18. The summed E-state index contributed by atoms with van der Waals surface area (Å²) in [6, 6.07) is 7.68. The average Bonchev–Trinajstić information content (AvgIpc) is 3.36. The summed E-state index contributed by atoms with van der Waals surface area (Å²) in [4.78, 5) is 24.6. The number of hydrogen-bond acceptors (Lipinski definition) is 6. The van der Waals surface area contributed by atoms with Crippen LogP contribution in [-0.2, 0) is 19.9 Å². The van der Waals surface area contributed by atoms with E-state index >= 15 is 0 Å². The van der Waals surface area contributed by atoms with Crippen LogP contribution in [0.4, 0.5) is 13.2 Å². The second-order valence-corrected chi connectivity index (χ2v) is 6.66. The Labute approximate surface area is 169 Å². The Morgan fingerprint density at radius 2 is 1.93 bits per heavy atom. The molecule has 3 rings (SSSR count). The van der Waals surface area contributed by atoms with E-state index in [9.17, 15) is 18.0 Å². The SMILES string of the molecule is COC(=O)/C=C/c1cccc(-c2nc(C3(N)CCCC3)n[nH]2)c1.O=C(O)C(F)(F)F. The Kier molecular flexibility index (Phi) is 7.33. The normalized spacial score (nSPS) is 15.5. The maximum atomic E-state index is 11.2. The number of methoxy groups -OCH3 is 1. The standard InChI is InChI=1S/C17H20N4O2.C2HF3O2/c1-23-14(22)8-7-12-5-4-6-13(11-12)15-19-16(21-20-15)17(18)9-2-3-10-17;3-2(4,5)1(6)7/h4-8,11H,2-3,9-10,18H2,1H3,(H,19,20,21);(H,6,7)/b8-7+;. The second-order valence-electron chi connectivity index (χ2n) is 6.66. The first-order valence-corrected chi connectivity index (χ1v) is 8.93. The number of aliphatic carboxylic acids is 1. The largest absolute Gasteiger partial charge is 0.490 e. The van der Waals surface area contributed by atoms with E-state index in [0.29, 0.717) is 11.6 Å². The molecule has 1 aromatic heterocycles. The predicted octanol–water partition coefficient (Wildman–Crippen LogP) is 3.02. The third kappa shape index (κ3) is 6.14. The molecule has 8 nitrogen and oxygen atoms in total. The molecular formula is C19H21F3N4O4. The highest BCUT2D eigenvalue weighted by atomic mass is 19.4. The molecule has 0 unspecified atom stereocenters. The molecule has 1 aliphatic carbocycles. The fourth-order valence-corrected chi connectivity index (χ4v) is 2.87. The van der Waals surface area contributed by atoms with Gasteiger partial charge in [-0.15, -0.1) is 0 Å². The van der Waals surface area contributed by atoms with Crippen molar-refractivity contribution in [3.63, 3.8) is 0 Å². The summed E-state index contributed by atoms with van der Waals surface area (Å²) >= 11 is 0. The number of alkyl halides is 3. The molecule has 0 atom stereocenters. The van der Waals surface area contributed by atoms with E-state index in [1.165, 1.54) is 13.2 Å². The van der Waals surface area contributed by atoms with Gasteiger partial charge in [0, 0.05) is 11.6 Å². The molecule has 0 spiro atoms. The van der Waals surface area contributed by atoms with E-state index in [-0.39, 0.29) is 5.97 Å². The molecule has 11 heteroatoms. The lowest BCUT2D eigenvalue weighted by Crippen LogP contribution is -2.34. The average molecular weight is 426 g/mol. The number of esters is 1. The third-order valence-electron chi connectivity index (χ3n) is 4.44. The van der Waals surface area contributed by atoms with Gasteiger partial charge in [-0.25, -0.2) is 14.6 Å². The Bertz CT molecular complexity index is 918. The van der Waals surface area contributed by atoms with Gasteiger partial charge in [-0.2, -0.15) is 18.3 Å². The number of ether oxygens (including phenoxy) is 1. The summed E-state index contributed by atoms with van der Waals surface area (Å²) < 4.78 is 36.3. The minimum Gasteiger partial charge on any atom is -0.475 e. The number of nitrogens with one attached hydrogen (secondary N) is 1. The van der Waals surface area contributed by atoms with Crippen molar-refractivity contribution in [3.8, 4) is 11.4 Å². The van der Waals surface area contributed by atoms with Crippen molar-refractivity contribution in [2.45, 2.75) is 37.4 Å². The lowest BCUT2D eigenvalue weighted by atomic mass is 9.98. The van der Waals surface area contributed by atoms with Crippen molar-refractivity contribution in [3.05, 3.63) is 41.7 Å². The zero-order chi connectivity index (χ0) is 22.4. The second kappa shape index (κ2) is 9.53. The Balaban J connectivity index is 0.000000396. The molecule has 1 fully saturated rings. The maximum absolute atomic E-state index is 11.2. The zero-order valence-corrected chi connectivity index (χ0v) is 16.1. The van der Waals surface area contributed by atoms with Crippen LogP contribution in [0, 0.1) is 0 Å². The molecule has 4 N–H and O–H groups in total. The number of halogens is 3. The van der Waals surface area contributed by atoms with Crippen molar-refractivity contribution in [1.29, 1.82) is 0 Å². The van der Waals surface area contributed by atoms with Crippen molar-refractivity contribution in [2.24, 2.45) is 5.73 Å². The summed E-state index contributed by atoms with van der Waals surface area (Å²) in [5.41, 5.74) is 7.77. The summed E-state index contributed by atoms with van der Waals surface area (Å²) in [7, 11) is 1.35. The molecular weight excluding hydrogens is 405 g/mol. The van der Waals surface area contributed by atoms with E-state index in [1.54, 1.807) is 6.08 Å². The Hall–Kier alpha value is -3.21. The van der Waals surface area contributed by atoms with Crippen LogP contribution < -0.4 is 5.73 Å². The molecule has 1 saturated carbocycles. The Morgan fingerprint density at radius 3 is 2.50 bits per heavy atom. The molecule has 1 heterocycles. The van der Waals surface area contributed by atoms with Crippen LogP contribution in [0.3, 0.4) is 0 Å². The number of H-pyrrole nitrogens is 1. The van der Waals surface area contributed by atoms with Gasteiger partial charge in [0.25, 0.3) is 0 Å². The number of benzene rings is 1. The van der Waals surface area contributed by atoms with E-state index < -0.39 is 17.7 Å². The Morgan fingerprint density at radius 1 is 1.30 bits per heavy atom. The first kappa shape index (κ1) is 23.1. The quantitative estimate of drug-likeness (QED) is 0.506. The van der Waals surface area contributed by atoms with Gasteiger partial charge in [-0.3, -0.25) is 5.10 Å². The maximum Gasteiger partial charge on any atom is 0.490 e. The smallest absolute Gasteiger partial charge is 0.475 e. The fourth-order valence-electron chi connectivity index (χ4n) is 2.87. The van der Waals surface area contributed by atoms with Crippen LogP contribution in [0.5, 0.6) is 0 Å². The van der Waals surface area contributed by atoms with E-state index in [4.69, 9.17) is 15.6 Å². The minimum absolute atomic E-state index is 0.385. The van der Waals surface area contributed by atoms with Crippen LogP contribution >= 0.6 is 0 Å². The van der Waals surface area contributed by atoms with Gasteiger partial charge in [0.2, 0.25) is 0 Å². The van der Waals surface area contributed by atoms with Crippen LogP contribution in [0.25, 0.3) is 17.5 Å². The van der Waals surface area contributed by atoms with E-state index in [1.807, 2.05) is 24.3 Å². The number of carboxylic acids is 1. The number of rotatable bonds is 4. The first-order valence-electron chi connectivity index (χ1n) is 8.93. The highest BCUT2D eigenvalue weighted by Gasteiger charge is 2.38. The first-order chi connectivity index (χ1) is 14.0. The fraction of sp³-hybridized carbons (Fsp3) is 0.368. The van der Waals surface area contributed by atoms with Crippen LogP contribution in [0.1, 0.15) is 37.1 Å². The summed E-state index contributed by atoms with van der Waals surface area (Å²) in [6.07, 6.45) is 2.09. The number of nitrogens with zero attached hydrogens (tertiary/aromatic N) is 2. The molecule has 0 bridgehead atoms. The van der Waals surface area contributed by atoms with Crippen molar-refractivity contribution in [2.75, 3.05) is 7.11 Å². The zero-order valence-electron chi connectivity index (χ0n) is 16.1. The van der Waals surface area contributed by atoms with Gasteiger partial charge < -0.3 is 15.6 Å². The number of carbonyl (C=O) groups excluding carboxylic acids is 1. The highest BCUT2D eigenvalue weighted by Crippen LogP contribution is 2.34. The number of hydrogen-bond donors (Lipinski definition) is 3.